The number of alkyl halides is 1. The monoisotopic (exact) mass is 289 g/mol. The number of likely N-dealkylation sites (tertiary alicyclic amines) is 1. The van der Waals surface area contributed by atoms with Crippen molar-refractivity contribution >= 4 is 33.4 Å². The van der Waals surface area contributed by atoms with Crippen molar-refractivity contribution in [1.82, 2.24) is 14.5 Å². The SMILES string of the molecule is CC1C(CBr)CCN1C(=O)c1cnns1. The number of aromatic nitrogens is 2. The second-order valence-electron chi connectivity index (χ2n) is 3.72. The third-order valence-corrected chi connectivity index (χ3v) is 4.43. The maximum atomic E-state index is 12.0. The Kier molecular flexibility index (Phi) is 3.35. The van der Waals surface area contributed by atoms with Gasteiger partial charge >= 0.3 is 0 Å². The molecule has 1 fully saturated rings. The highest BCUT2D eigenvalue weighted by atomic mass is 79.9. The molecule has 1 aliphatic rings. The smallest absolute Gasteiger partial charge is 0.267 e. The largest absolute Gasteiger partial charge is 0.335 e. The zero-order valence-electron chi connectivity index (χ0n) is 8.39. The van der Waals surface area contributed by atoms with Gasteiger partial charge in [-0.05, 0) is 30.8 Å². The van der Waals surface area contributed by atoms with E-state index < -0.39 is 0 Å². The topological polar surface area (TPSA) is 46.1 Å². The normalized spacial score (nSPS) is 25.9. The number of halogens is 1. The molecule has 0 aliphatic carbocycles. The van der Waals surface area contributed by atoms with Crippen LogP contribution in [0.5, 0.6) is 0 Å². The maximum absolute atomic E-state index is 12.0. The van der Waals surface area contributed by atoms with Gasteiger partial charge in [0, 0.05) is 17.9 Å². The third kappa shape index (κ3) is 2.06. The summed E-state index contributed by atoms with van der Waals surface area (Å²) in [4.78, 5) is 14.6. The van der Waals surface area contributed by atoms with Gasteiger partial charge in [0.05, 0.1) is 6.20 Å². The van der Waals surface area contributed by atoms with Gasteiger partial charge in [-0.3, -0.25) is 4.79 Å². The molecule has 1 amide bonds. The Labute approximate surface area is 101 Å². The molecule has 0 aromatic carbocycles. The molecule has 2 heterocycles. The van der Waals surface area contributed by atoms with Crippen LogP contribution in [-0.2, 0) is 0 Å². The summed E-state index contributed by atoms with van der Waals surface area (Å²) in [6.45, 7) is 2.94. The minimum absolute atomic E-state index is 0.0703. The van der Waals surface area contributed by atoms with Crippen molar-refractivity contribution in [3.63, 3.8) is 0 Å². The molecular weight excluding hydrogens is 278 g/mol. The average Bonchev–Trinajstić information content (AvgIpc) is 2.85. The molecule has 6 heteroatoms. The quantitative estimate of drug-likeness (QED) is 0.780. The fraction of sp³-hybridized carbons (Fsp3) is 0.667. The molecule has 2 unspecified atom stereocenters. The van der Waals surface area contributed by atoms with Gasteiger partial charge in [-0.2, -0.15) is 0 Å². The Hall–Kier alpha value is -0.490. The second-order valence-corrected chi connectivity index (χ2v) is 5.16. The first-order valence-electron chi connectivity index (χ1n) is 4.88. The van der Waals surface area contributed by atoms with E-state index in [0.717, 1.165) is 29.8 Å². The summed E-state index contributed by atoms with van der Waals surface area (Å²) < 4.78 is 3.71. The van der Waals surface area contributed by atoms with E-state index in [0.29, 0.717) is 16.8 Å². The van der Waals surface area contributed by atoms with Crippen LogP contribution in [0.4, 0.5) is 0 Å². The Balaban J connectivity index is 2.10. The van der Waals surface area contributed by atoms with Crippen LogP contribution in [0.25, 0.3) is 0 Å². The molecule has 0 spiro atoms. The van der Waals surface area contributed by atoms with Crippen molar-refractivity contribution in [3.8, 4) is 0 Å². The van der Waals surface area contributed by atoms with Gasteiger partial charge in [0.15, 0.2) is 0 Å². The minimum atomic E-state index is 0.0703. The highest BCUT2D eigenvalue weighted by Gasteiger charge is 2.34. The number of rotatable bonds is 2. The highest BCUT2D eigenvalue weighted by molar-refractivity contribution is 9.09. The van der Waals surface area contributed by atoms with Crippen LogP contribution >= 0.6 is 27.5 Å². The summed E-state index contributed by atoms with van der Waals surface area (Å²) >= 11 is 4.65. The Morgan fingerprint density at radius 3 is 3.13 bits per heavy atom. The lowest BCUT2D eigenvalue weighted by Crippen LogP contribution is -2.35. The molecule has 1 aromatic heterocycles. The van der Waals surface area contributed by atoms with Crippen molar-refractivity contribution in [2.75, 3.05) is 11.9 Å². The molecular formula is C9H12BrN3OS. The van der Waals surface area contributed by atoms with Gasteiger partial charge in [0.25, 0.3) is 5.91 Å². The number of carbonyl (C=O) groups excluding carboxylic acids is 1. The van der Waals surface area contributed by atoms with Crippen molar-refractivity contribution in [3.05, 3.63) is 11.1 Å². The third-order valence-electron chi connectivity index (χ3n) is 2.95. The van der Waals surface area contributed by atoms with E-state index in [2.05, 4.69) is 32.4 Å². The Morgan fingerprint density at radius 1 is 1.80 bits per heavy atom. The first-order chi connectivity index (χ1) is 7.24. The number of amides is 1. The van der Waals surface area contributed by atoms with E-state index in [1.54, 1.807) is 6.20 Å². The molecule has 4 nitrogen and oxygen atoms in total. The summed E-state index contributed by atoms with van der Waals surface area (Å²) in [6, 6.07) is 0.305. The molecule has 0 bridgehead atoms. The van der Waals surface area contributed by atoms with E-state index in [1.807, 2.05) is 4.90 Å². The predicted molar refractivity (Wildman–Crippen MR) is 62.3 cm³/mol. The lowest BCUT2D eigenvalue weighted by Gasteiger charge is -2.23. The molecule has 1 aliphatic heterocycles. The number of carbonyl (C=O) groups is 1. The van der Waals surface area contributed by atoms with Crippen molar-refractivity contribution in [1.29, 1.82) is 0 Å². The summed E-state index contributed by atoms with van der Waals surface area (Å²) in [6.07, 6.45) is 2.62. The van der Waals surface area contributed by atoms with Crippen LogP contribution in [0, 0.1) is 5.92 Å². The van der Waals surface area contributed by atoms with Crippen LogP contribution in [0.15, 0.2) is 6.20 Å². The van der Waals surface area contributed by atoms with Crippen molar-refractivity contribution in [2.45, 2.75) is 19.4 Å². The molecule has 2 rings (SSSR count). The van der Waals surface area contributed by atoms with Crippen LogP contribution in [0.3, 0.4) is 0 Å². The summed E-state index contributed by atoms with van der Waals surface area (Å²) in [7, 11) is 0. The number of hydrogen-bond acceptors (Lipinski definition) is 4. The fourth-order valence-electron chi connectivity index (χ4n) is 1.90. The highest BCUT2D eigenvalue weighted by Crippen LogP contribution is 2.27. The minimum Gasteiger partial charge on any atom is -0.335 e. The van der Waals surface area contributed by atoms with Gasteiger partial charge in [0.2, 0.25) is 0 Å². The molecule has 0 saturated carbocycles. The van der Waals surface area contributed by atoms with Gasteiger partial charge in [-0.15, -0.1) is 5.10 Å². The Bertz CT molecular complexity index is 343. The van der Waals surface area contributed by atoms with E-state index in [-0.39, 0.29) is 5.91 Å². The van der Waals surface area contributed by atoms with E-state index in [9.17, 15) is 4.79 Å². The van der Waals surface area contributed by atoms with Gasteiger partial charge in [-0.25, -0.2) is 0 Å². The molecule has 82 valence electrons. The van der Waals surface area contributed by atoms with Crippen LogP contribution in [0.2, 0.25) is 0 Å². The van der Waals surface area contributed by atoms with E-state index >= 15 is 0 Å². The Morgan fingerprint density at radius 2 is 2.60 bits per heavy atom. The van der Waals surface area contributed by atoms with Crippen molar-refractivity contribution < 1.29 is 4.79 Å². The van der Waals surface area contributed by atoms with E-state index in [4.69, 9.17) is 0 Å². The maximum Gasteiger partial charge on any atom is 0.267 e. The zero-order valence-corrected chi connectivity index (χ0v) is 10.8. The number of hydrogen-bond donors (Lipinski definition) is 0. The van der Waals surface area contributed by atoms with Gasteiger partial charge < -0.3 is 4.90 Å². The summed E-state index contributed by atoms with van der Waals surface area (Å²) in [5, 5.41) is 4.65. The standard InChI is InChI=1S/C9H12BrN3OS/c1-6-7(4-10)2-3-13(6)9(14)8-5-11-12-15-8/h5-7H,2-4H2,1H3. The number of nitrogens with zero attached hydrogens (tertiary/aromatic N) is 3. The van der Waals surface area contributed by atoms with Crippen molar-refractivity contribution in [2.24, 2.45) is 5.92 Å². The first kappa shape index (κ1) is 11.0. The van der Waals surface area contributed by atoms with E-state index in [1.165, 1.54) is 0 Å². The molecule has 2 atom stereocenters. The second kappa shape index (κ2) is 4.57. The molecule has 0 radical (unpaired) electrons. The lowest BCUT2D eigenvalue weighted by molar-refractivity contribution is 0.0740. The average molecular weight is 290 g/mol. The molecule has 15 heavy (non-hydrogen) atoms. The van der Waals surface area contributed by atoms with Crippen LogP contribution in [-0.4, -0.2) is 38.3 Å². The van der Waals surface area contributed by atoms with Gasteiger partial charge in [0.1, 0.15) is 4.88 Å². The van der Waals surface area contributed by atoms with Gasteiger partial charge in [-0.1, -0.05) is 20.4 Å². The molecule has 1 aromatic rings. The fourth-order valence-corrected chi connectivity index (χ4v) is 3.24. The van der Waals surface area contributed by atoms with Crippen LogP contribution in [0.1, 0.15) is 23.0 Å². The summed E-state index contributed by atoms with van der Waals surface area (Å²) in [5.41, 5.74) is 0. The predicted octanol–water partition coefficient (Wildman–Crippen LogP) is 1.78. The summed E-state index contributed by atoms with van der Waals surface area (Å²) in [5.74, 6) is 0.635. The first-order valence-corrected chi connectivity index (χ1v) is 6.78. The van der Waals surface area contributed by atoms with Crippen LogP contribution < -0.4 is 0 Å². The lowest BCUT2D eigenvalue weighted by atomic mass is 10.1. The zero-order chi connectivity index (χ0) is 10.8. The molecule has 1 saturated heterocycles. The molecule has 0 N–H and O–H groups in total.